The number of aliphatic hydroxyl groups excluding tert-OH is 1. The summed E-state index contributed by atoms with van der Waals surface area (Å²) in [7, 11) is 0.430. The van der Waals surface area contributed by atoms with Crippen molar-refractivity contribution >= 4 is 19.8 Å². The van der Waals surface area contributed by atoms with Gasteiger partial charge in [-0.25, -0.2) is 4.79 Å². The molecule has 2 atom stereocenters. The second-order valence-electron chi connectivity index (χ2n) is 11.5. The number of aromatic nitrogens is 1. The molecule has 0 bridgehead atoms. The minimum Gasteiger partial charge on any atom is -0.496 e. The molecule has 50 heavy (non-hydrogen) atoms. The highest BCUT2D eigenvalue weighted by molar-refractivity contribution is 7.41. The number of methoxy groups -OCH3 is 1. The Labute approximate surface area is 281 Å². The predicted octanol–water partition coefficient (Wildman–Crippen LogP) is 9.75. The van der Waals surface area contributed by atoms with Crippen molar-refractivity contribution in [1.29, 1.82) is 0 Å². The third kappa shape index (κ3) is 6.69. The average molecular weight is 721 g/mol. The fourth-order valence-electron chi connectivity index (χ4n) is 5.91. The van der Waals surface area contributed by atoms with E-state index in [-0.39, 0.29) is 29.2 Å². The van der Waals surface area contributed by atoms with Gasteiger partial charge in [0, 0.05) is 36.7 Å². The lowest BCUT2D eigenvalue weighted by molar-refractivity contribution is -0.138. The number of fused-ring (bicyclic) bond motifs is 1. The van der Waals surface area contributed by atoms with Crippen molar-refractivity contribution in [2.24, 2.45) is 0 Å². The molecule has 1 saturated heterocycles. The van der Waals surface area contributed by atoms with Gasteiger partial charge in [-0.15, -0.1) is 0 Å². The first kappa shape index (κ1) is 35.0. The number of alkyl halides is 8. The quantitative estimate of drug-likeness (QED) is 0.117. The van der Waals surface area contributed by atoms with Gasteiger partial charge in [-0.2, -0.15) is 35.1 Å². The number of ether oxygens (including phenoxy) is 2. The Bertz CT molecular complexity index is 2040. The summed E-state index contributed by atoms with van der Waals surface area (Å²) in [6.07, 6.45) is -6.25. The lowest BCUT2D eigenvalue weighted by Gasteiger charge is -2.25. The molecule has 3 aromatic carbocycles. The molecule has 1 aromatic heterocycles. The van der Waals surface area contributed by atoms with E-state index in [0.29, 0.717) is 40.6 Å². The topological polar surface area (TPSA) is 71.9 Å². The van der Waals surface area contributed by atoms with E-state index in [2.05, 4.69) is 4.98 Å². The summed E-state index contributed by atoms with van der Waals surface area (Å²) in [5.74, 6) is 0.264. The Hall–Kier alpha value is -4.81. The maximum Gasteiger partial charge on any atom is 0.417 e. The Morgan fingerprint density at radius 2 is 1.62 bits per heavy atom. The first-order valence-corrected chi connectivity index (χ1v) is 15.7. The minimum absolute atomic E-state index is 0.0000641. The van der Waals surface area contributed by atoms with E-state index in [0.717, 1.165) is 18.2 Å². The molecule has 0 aliphatic carbocycles. The summed E-state index contributed by atoms with van der Waals surface area (Å²) < 4.78 is 122. The zero-order valence-electron chi connectivity index (χ0n) is 26.0. The summed E-state index contributed by atoms with van der Waals surface area (Å²) in [5.41, 5.74) is -5.72. The van der Waals surface area contributed by atoms with E-state index in [1.807, 2.05) is 0 Å². The van der Waals surface area contributed by atoms with Gasteiger partial charge < -0.3 is 14.6 Å². The SMILES string of the molecule is COc1ccc(-c2ccc(/C(O)=P\C(F)(F)c3cccc(C(F)(F)F)c3)cc2C)cc1-c1ncc(C(F)(F)F)cc1[C@@H]1C=C[C@H]2COC(=O)N21. The molecule has 0 saturated carbocycles. The number of carbonyl (C=O) groups excluding carboxylic acids is 1. The van der Waals surface area contributed by atoms with Gasteiger partial charge in [-0.05, 0) is 60.0 Å². The third-order valence-corrected chi connectivity index (χ3v) is 9.37. The molecule has 0 unspecified atom stereocenters. The van der Waals surface area contributed by atoms with Gasteiger partial charge >= 0.3 is 24.1 Å². The molecule has 260 valence electrons. The highest BCUT2D eigenvalue weighted by atomic mass is 31.1. The van der Waals surface area contributed by atoms with Crippen LogP contribution >= 0.6 is 8.20 Å². The zero-order chi connectivity index (χ0) is 36.2. The number of aryl methyl sites for hydroxylation is 1. The zero-order valence-corrected chi connectivity index (χ0v) is 26.9. The standard InChI is InChI=1S/C35H25F8N2O4P/c1-18-12-20(31(46)50-35(42,43)22-5-3-4-21(14-22)33(36,37)38)6-9-25(18)19-7-11-29(48-2)27(13-19)30-26(15-23(16-44-30)34(39,40)41)28-10-8-24-17-49-32(47)45(24)28/h3-16,24,28,46H,17H2,1-2H3/t24-,28-/m0/s1. The van der Waals surface area contributed by atoms with Crippen LogP contribution in [0.3, 0.4) is 0 Å². The number of carbonyl (C=O) groups is 1. The molecule has 2 aliphatic heterocycles. The number of benzene rings is 3. The molecule has 1 amide bonds. The Balaban J connectivity index is 1.38. The maximum absolute atomic E-state index is 15.0. The van der Waals surface area contributed by atoms with Gasteiger partial charge in [-0.3, -0.25) is 9.88 Å². The maximum atomic E-state index is 15.0. The number of amides is 1. The monoisotopic (exact) mass is 720 g/mol. The molecule has 15 heteroatoms. The van der Waals surface area contributed by atoms with E-state index < -0.39 is 66.6 Å². The summed E-state index contributed by atoms with van der Waals surface area (Å²) >= 11 is 0. The van der Waals surface area contributed by atoms with Crippen LogP contribution < -0.4 is 4.74 Å². The second-order valence-corrected chi connectivity index (χ2v) is 12.7. The van der Waals surface area contributed by atoms with Crippen molar-refractivity contribution in [3.63, 3.8) is 0 Å². The molecule has 0 spiro atoms. The van der Waals surface area contributed by atoms with Crippen molar-refractivity contribution in [2.75, 3.05) is 13.7 Å². The predicted molar refractivity (Wildman–Crippen MR) is 169 cm³/mol. The molecule has 0 radical (unpaired) electrons. The van der Waals surface area contributed by atoms with Crippen LogP contribution in [0.15, 0.2) is 85.1 Å². The van der Waals surface area contributed by atoms with E-state index in [4.69, 9.17) is 9.47 Å². The fraction of sp³-hybridized carbons (Fsp3) is 0.229. The van der Waals surface area contributed by atoms with Crippen LogP contribution in [0.5, 0.6) is 5.75 Å². The van der Waals surface area contributed by atoms with Crippen LogP contribution in [-0.4, -0.2) is 46.3 Å². The van der Waals surface area contributed by atoms with E-state index in [9.17, 15) is 36.2 Å². The molecule has 3 heterocycles. The minimum atomic E-state index is -4.83. The van der Waals surface area contributed by atoms with Gasteiger partial charge in [0.2, 0.25) is 0 Å². The van der Waals surface area contributed by atoms with E-state index in [1.54, 1.807) is 37.3 Å². The molecule has 6 nitrogen and oxygen atoms in total. The highest BCUT2D eigenvalue weighted by Crippen LogP contribution is 2.45. The molecule has 2 aliphatic rings. The lowest BCUT2D eigenvalue weighted by Crippen LogP contribution is -2.31. The lowest BCUT2D eigenvalue weighted by atomic mass is 9.93. The average Bonchev–Trinajstić information content (AvgIpc) is 3.66. The summed E-state index contributed by atoms with van der Waals surface area (Å²) in [4.78, 5) is 18.1. The summed E-state index contributed by atoms with van der Waals surface area (Å²) in [6.45, 7) is 1.69. The number of hydrogen-bond acceptors (Lipinski definition) is 4. The normalized spacial score (nSPS) is 18.0. The fourth-order valence-corrected chi connectivity index (χ4v) is 6.72. The molecular weight excluding hydrogens is 695 g/mol. The molecule has 1 N–H and O–H groups in total. The van der Waals surface area contributed by atoms with Crippen molar-refractivity contribution in [3.05, 3.63) is 118 Å². The van der Waals surface area contributed by atoms with Gasteiger partial charge in [0.05, 0.1) is 36.0 Å². The Morgan fingerprint density at radius 1 is 0.900 bits per heavy atom. The van der Waals surface area contributed by atoms with Crippen LogP contribution in [-0.2, 0) is 22.8 Å². The molecule has 1 fully saturated rings. The largest absolute Gasteiger partial charge is 0.496 e. The van der Waals surface area contributed by atoms with Crippen LogP contribution in [0.2, 0.25) is 0 Å². The second kappa shape index (κ2) is 12.8. The van der Waals surface area contributed by atoms with Crippen LogP contribution in [0, 0.1) is 6.92 Å². The number of pyridine rings is 1. The number of halogens is 8. The number of aliphatic hydroxyl groups is 1. The smallest absolute Gasteiger partial charge is 0.417 e. The highest BCUT2D eigenvalue weighted by Gasteiger charge is 2.43. The number of hydrogen-bond donors (Lipinski definition) is 1. The Kier molecular flexibility index (Phi) is 8.98. The first-order chi connectivity index (χ1) is 23.5. The van der Waals surface area contributed by atoms with Gasteiger partial charge in [0.25, 0.3) is 0 Å². The third-order valence-electron chi connectivity index (χ3n) is 8.36. The van der Waals surface area contributed by atoms with Crippen LogP contribution in [0.25, 0.3) is 22.4 Å². The van der Waals surface area contributed by atoms with Crippen molar-refractivity contribution in [3.8, 4) is 28.1 Å². The number of rotatable bonds is 7. The first-order valence-electron chi connectivity index (χ1n) is 14.8. The summed E-state index contributed by atoms with van der Waals surface area (Å²) in [6, 6.07) is 11.5. The van der Waals surface area contributed by atoms with E-state index in [1.165, 1.54) is 30.2 Å². The summed E-state index contributed by atoms with van der Waals surface area (Å²) in [5, 5.41) is 10.6. The van der Waals surface area contributed by atoms with Crippen LogP contribution in [0.4, 0.5) is 39.9 Å². The molecule has 4 aromatic rings. The van der Waals surface area contributed by atoms with E-state index >= 15 is 8.78 Å². The number of nitrogens with zero attached hydrogens (tertiary/aromatic N) is 2. The van der Waals surface area contributed by atoms with Crippen molar-refractivity contribution in [2.45, 2.75) is 37.0 Å². The van der Waals surface area contributed by atoms with Crippen molar-refractivity contribution in [1.82, 2.24) is 9.88 Å². The van der Waals surface area contributed by atoms with Crippen LogP contribution in [0.1, 0.15) is 39.4 Å². The van der Waals surface area contributed by atoms with Gasteiger partial charge in [-0.1, -0.05) is 42.5 Å². The van der Waals surface area contributed by atoms with Gasteiger partial charge in [0.15, 0.2) is 0 Å². The molecule has 6 rings (SSSR count). The number of cyclic esters (lactones) is 1. The van der Waals surface area contributed by atoms with Crippen molar-refractivity contribution < 1.29 is 54.5 Å². The molecular formula is C35H25F8N2O4P. The van der Waals surface area contributed by atoms with Gasteiger partial charge in [0.1, 0.15) is 17.8 Å². The Morgan fingerprint density at radius 3 is 2.30 bits per heavy atom.